The molecule has 33 heavy (non-hydrogen) atoms. The van der Waals surface area contributed by atoms with Crippen molar-refractivity contribution in [3.8, 4) is 17.4 Å². The largest absolute Gasteiger partial charge is 0.494 e. The fourth-order valence-corrected chi connectivity index (χ4v) is 3.58. The van der Waals surface area contributed by atoms with Gasteiger partial charge in [0.25, 0.3) is 0 Å². The monoisotopic (exact) mass is 568 g/mol. The minimum absolute atomic E-state index is 0. The molecule has 3 rings (SSSR count). The van der Waals surface area contributed by atoms with Crippen molar-refractivity contribution in [3.05, 3.63) is 48.2 Å². The highest BCUT2D eigenvalue weighted by Gasteiger charge is 2.26. The maximum Gasteiger partial charge on any atom is 0.308 e. The summed E-state index contributed by atoms with van der Waals surface area (Å²) in [5.74, 6) is 2.73. The average molecular weight is 568 g/mol. The van der Waals surface area contributed by atoms with Crippen LogP contribution in [-0.4, -0.2) is 55.2 Å². The van der Waals surface area contributed by atoms with Crippen LogP contribution in [0, 0.1) is 5.92 Å². The van der Waals surface area contributed by atoms with Gasteiger partial charge in [-0.2, -0.15) is 0 Å². The zero-order chi connectivity index (χ0) is 22.8. The quantitative estimate of drug-likeness (QED) is 0.221. The molecule has 1 aromatic heterocycles. The van der Waals surface area contributed by atoms with Crippen LogP contribution in [0.1, 0.15) is 32.3 Å². The first-order valence-electron chi connectivity index (χ1n) is 11.1. The van der Waals surface area contributed by atoms with Gasteiger partial charge in [0.1, 0.15) is 11.5 Å². The van der Waals surface area contributed by atoms with Gasteiger partial charge in [-0.1, -0.05) is 0 Å². The number of hydrogen-bond acceptors (Lipinski definition) is 6. The van der Waals surface area contributed by atoms with E-state index in [-0.39, 0.29) is 35.9 Å². The van der Waals surface area contributed by atoms with E-state index in [1.54, 1.807) is 6.20 Å². The van der Waals surface area contributed by atoms with Crippen LogP contribution in [0.4, 0.5) is 0 Å². The minimum Gasteiger partial charge on any atom is -0.494 e. The first-order chi connectivity index (χ1) is 15.6. The van der Waals surface area contributed by atoms with Crippen LogP contribution >= 0.6 is 24.0 Å². The summed E-state index contributed by atoms with van der Waals surface area (Å²) in [6.07, 6.45) is 3.27. The van der Waals surface area contributed by atoms with Crippen molar-refractivity contribution >= 4 is 35.9 Å². The topological polar surface area (TPSA) is 85.3 Å². The van der Waals surface area contributed by atoms with Crippen LogP contribution in [0.25, 0.3) is 0 Å². The van der Waals surface area contributed by atoms with Crippen LogP contribution in [0.15, 0.2) is 47.6 Å². The first kappa shape index (κ1) is 26.7. The molecule has 0 bridgehead atoms. The minimum atomic E-state index is -0.122. The molecule has 0 unspecified atom stereocenters. The average Bonchev–Trinajstić information content (AvgIpc) is 2.83. The van der Waals surface area contributed by atoms with E-state index in [4.69, 9.17) is 19.2 Å². The molecule has 1 fully saturated rings. The molecule has 8 nitrogen and oxygen atoms in total. The lowest BCUT2D eigenvalue weighted by molar-refractivity contribution is -0.146. The smallest absolute Gasteiger partial charge is 0.308 e. The van der Waals surface area contributed by atoms with Crippen LogP contribution in [0.2, 0.25) is 0 Å². The number of carbonyl (C=O) groups is 1. The number of piperidine rings is 1. The number of likely N-dealkylation sites (tertiary alicyclic amines) is 1. The molecule has 0 spiro atoms. The normalized spacial score (nSPS) is 14.3. The van der Waals surface area contributed by atoms with E-state index in [9.17, 15) is 4.79 Å². The van der Waals surface area contributed by atoms with Gasteiger partial charge < -0.3 is 24.4 Å². The second-order valence-corrected chi connectivity index (χ2v) is 7.46. The van der Waals surface area contributed by atoms with E-state index in [2.05, 4.69) is 15.2 Å². The second kappa shape index (κ2) is 13.9. The predicted molar refractivity (Wildman–Crippen MR) is 138 cm³/mol. The summed E-state index contributed by atoms with van der Waals surface area (Å²) >= 11 is 0. The van der Waals surface area contributed by atoms with Gasteiger partial charge in [0.2, 0.25) is 5.88 Å². The highest BCUT2D eigenvalue weighted by Crippen LogP contribution is 2.23. The molecular formula is C24H33IN4O4. The molecule has 180 valence electrons. The van der Waals surface area contributed by atoms with Crippen molar-refractivity contribution < 1.29 is 19.0 Å². The zero-order valence-electron chi connectivity index (χ0n) is 19.5. The number of hydrogen-bond donors (Lipinski definition) is 1. The van der Waals surface area contributed by atoms with E-state index < -0.39 is 0 Å². The third-order valence-electron chi connectivity index (χ3n) is 5.23. The number of nitrogens with zero attached hydrogens (tertiary/aromatic N) is 3. The van der Waals surface area contributed by atoms with Crippen LogP contribution in [0.3, 0.4) is 0 Å². The number of guanidine groups is 1. The summed E-state index contributed by atoms with van der Waals surface area (Å²) in [7, 11) is 1.45. The Kier molecular flexibility index (Phi) is 11.2. The zero-order valence-corrected chi connectivity index (χ0v) is 21.8. The number of halogens is 1. The molecule has 0 saturated carbocycles. The highest BCUT2D eigenvalue weighted by atomic mass is 127. The fraction of sp³-hybridized carbons (Fsp3) is 0.458. The maximum absolute atomic E-state index is 11.8. The number of ether oxygens (including phenoxy) is 3. The molecule has 1 aliphatic rings. The van der Waals surface area contributed by atoms with Gasteiger partial charge in [-0.15, -0.1) is 24.0 Å². The lowest BCUT2D eigenvalue weighted by Crippen LogP contribution is -2.46. The molecule has 1 N–H and O–H groups in total. The summed E-state index contributed by atoms with van der Waals surface area (Å²) in [5.41, 5.74) is 1.00. The highest BCUT2D eigenvalue weighted by molar-refractivity contribution is 14.0. The van der Waals surface area contributed by atoms with Gasteiger partial charge in [0.05, 0.1) is 26.2 Å². The number of esters is 1. The molecule has 0 amide bonds. The van der Waals surface area contributed by atoms with E-state index in [1.807, 2.05) is 50.2 Å². The maximum atomic E-state index is 11.8. The van der Waals surface area contributed by atoms with Crippen LogP contribution in [0.5, 0.6) is 17.4 Å². The Hall–Kier alpha value is -2.56. The number of benzene rings is 1. The molecular weight excluding hydrogens is 535 g/mol. The van der Waals surface area contributed by atoms with Gasteiger partial charge in [-0.25, -0.2) is 9.98 Å². The summed E-state index contributed by atoms with van der Waals surface area (Å²) in [6.45, 7) is 7.45. The Balaban J connectivity index is 0.00000385. The number of methoxy groups -OCH3 is 1. The van der Waals surface area contributed by atoms with Gasteiger partial charge in [-0.3, -0.25) is 4.79 Å². The number of pyridine rings is 1. The van der Waals surface area contributed by atoms with Crippen LogP contribution in [-0.2, 0) is 16.1 Å². The summed E-state index contributed by atoms with van der Waals surface area (Å²) in [6, 6.07) is 11.3. The Morgan fingerprint density at radius 1 is 1.15 bits per heavy atom. The van der Waals surface area contributed by atoms with E-state index in [0.29, 0.717) is 24.8 Å². The van der Waals surface area contributed by atoms with Crippen molar-refractivity contribution in [1.29, 1.82) is 0 Å². The van der Waals surface area contributed by atoms with Gasteiger partial charge in [0.15, 0.2) is 5.96 Å². The third-order valence-corrected chi connectivity index (χ3v) is 5.23. The second-order valence-electron chi connectivity index (χ2n) is 7.46. The summed E-state index contributed by atoms with van der Waals surface area (Å²) in [5, 5.41) is 3.35. The molecule has 9 heteroatoms. The molecule has 1 saturated heterocycles. The lowest BCUT2D eigenvalue weighted by atomic mass is 9.97. The molecule has 2 aromatic rings. The number of aromatic nitrogens is 1. The van der Waals surface area contributed by atoms with Crippen LogP contribution < -0.4 is 14.8 Å². The number of nitrogens with one attached hydrogen (secondary N) is 1. The fourth-order valence-electron chi connectivity index (χ4n) is 3.58. The number of carbonyl (C=O) groups excluding carboxylic acids is 1. The van der Waals surface area contributed by atoms with Gasteiger partial charge in [-0.05, 0) is 62.6 Å². The summed E-state index contributed by atoms with van der Waals surface area (Å²) < 4.78 is 16.2. The van der Waals surface area contributed by atoms with Crippen molar-refractivity contribution in [3.63, 3.8) is 0 Å². The molecule has 0 radical (unpaired) electrons. The summed E-state index contributed by atoms with van der Waals surface area (Å²) in [4.78, 5) is 23.1. The van der Waals surface area contributed by atoms with Gasteiger partial charge >= 0.3 is 5.97 Å². The van der Waals surface area contributed by atoms with Crippen molar-refractivity contribution in [1.82, 2.24) is 15.2 Å². The third kappa shape index (κ3) is 8.06. The Bertz CT molecular complexity index is 900. The molecule has 2 heterocycles. The van der Waals surface area contributed by atoms with E-state index in [0.717, 1.165) is 49.7 Å². The number of aliphatic imine (C=N–C) groups is 1. The van der Waals surface area contributed by atoms with Crippen molar-refractivity contribution in [2.24, 2.45) is 10.9 Å². The SMILES string of the molecule is CCNC(=NCc1ccnc(Oc2ccc(OCC)cc2)c1)N1CCC(C(=O)OC)CC1.I. The Labute approximate surface area is 212 Å². The van der Waals surface area contributed by atoms with Crippen molar-refractivity contribution in [2.45, 2.75) is 33.2 Å². The molecule has 1 aromatic carbocycles. The van der Waals surface area contributed by atoms with Crippen molar-refractivity contribution in [2.75, 3.05) is 33.4 Å². The molecule has 1 aliphatic heterocycles. The Morgan fingerprint density at radius 2 is 1.85 bits per heavy atom. The lowest BCUT2D eigenvalue weighted by Gasteiger charge is -2.33. The standard InChI is InChI=1S/C24H32N4O4.HI/c1-4-25-24(28-14-11-19(12-15-28)23(29)30-3)27-17-18-10-13-26-22(16-18)32-21-8-6-20(7-9-21)31-5-2;/h6-10,13,16,19H,4-5,11-12,14-15,17H2,1-3H3,(H,25,27);1H. The van der Waals surface area contributed by atoms with E-state index in [1.165, 1.54) is 7.11 Å². The molecule has 0 aliphatic carbocycles. The predicted octanol–water partition coefficient (Wildman–Crippen LogP) is 4.24. The Morgan fingerprint density at radius 3 is 2.48 bits per heavy atom. The molecule has 0 atom stereocenters. The van der Waals surface area contributed by atoms with E-state index >= 15 is 0 Å². The number of rotatable bonds is 8. The van der Waals surface area contributed by atoms with Gasteiger partial charge in [0, 0.05) is 31.9 Å². The first-order valence-corrected chi connectivity index (χ1v) is 11.1.